The molecule has 6 nitrogen and oxygen atoms in total. The highest BCUT2D eigenvalue weighted by Gasteiger charge is 2.26. The third-order valence-electron chi connectivity index (χ3n) is 3.31. The second-order valence-corrected chi connectivity index (χ2v) is 7.79. The van der Waals surface area contributed by atoms with Crippen LogP contribution in [0.5, 0.6) is 5.88 Å². The number of hydrogen-bond acceptors (Lipinski definition) is 5. The number of anilines is 1. The number of hydrogen-bond donors (Lipinski definition) is 0. The van der Waals surface area contributed by atoms with Gasteiger partial charge in [0.25, 0.3) is 0 Å². The topological polar surface area (TPSA) is 64.5 Å². The highest BCUT2D eigenvalue weighted by Crippen LogP contribution is 2.24. The minimum atomic E-state index is -0.683. The van der Waals surface area contributed by atoms with Crippen molar-refractivity contribution in [2.45, 2.75) is 39.8 Å². The van der Waals surface area contributed by atoms with E-state index in [0.29, 0.717) is 11.4 Å². The molecule has 0 aliphatic heterocycles. The van der Waals surface area contributed by atoms with Crippen molar-refractivity contribution in [2.24, 2.45) is 0 Å². The molecule has 140 valence electrons. The molecule has 0 fully saturated rings. The normalized spacial score (nSPS) is 11.2. The molecule has 2 aromatic rings. The molecule has 0 aromatic carbocycles. The maximum Gasteiger partial charge on any atom is 0.416 e. The molecule has 0 N–H and O–H groups in total. The minimum absolute atomic E-state index is 0.00980. The standard InChI is InChI=1S/C18H21FIN3O3/c1-11-14(20)6-7-15(22-11)23(17(24)26-18(2,3)4)10-12-8-13(19)9-21-16(12)25-5/h6-9H,10H2,1-5H3. The van der Waals surface area contributed by atoms with Crippen LogP contribution in [-0.2, 0) is 11.3 Å². The molecular formula is C18H21FIN3O3. The summed E-state index contributed by atoms with van der Waals surface area (Å²) >= 11 is 2.17. The van der Waals surface area contributed by atoms with Crippen LogP contribution in [0, 0.1) is 16.3 Å². The van der Waals surface area contributed by atoms with Crippen LogP contribution >= 0.6 is 22.6 Å². The van der Waals surface area contributed by atoms with E-state index in [0.717, 1.165) is 15.5 Å². The molecule has 0 radical (unpaired) electrons. The average Bonchev–Trinajstić information content (AvgIpc) is 2.54. The first-order chi connectivity index (χ1) is 12.1. The van der Waals surface area contributed by atoms with Crippen LogP contribution in [0.3, 0.4) is 0 Å². The predicted molar refractivity (Wildman–Crippen MR) is 105 cm³/mol. The molecule has 2 aromatic heterocycles. The van der Waals surface area contributed by atoms with Gasteiger partial charge in [0.1, 0.15) is 17.2 Å². The van der Waals surface area contributed by atoms with Crippen LogP contribution in [0.1, 0.15) is 32.0 Å². The van der Waals surface area contributed by atoms with Gasteiger partial charge in [0.05, 0.1) is 25.5 Å². The maximum absolute atomic E-state index is 13.7. The Hall–Kier alpha value is -1.97. The lowest BCUT2D eigenvalue weighted by atomic mass is 10.2. The van der Waals surface area contributed by atoms with Crippen molar-refractivity contribution < 1.29 is 18.7 Å². The summed E-state index contributed by atoms with van der Waals surface area (Å²) in [7, 11) is 1.44. The van der Waals surface area contributed by atoms with Gasteiger partial charge < -0.3 is 9.47 Å². The van der Waals surface area contributed by atoms with Gasteiger partial charge in [0.2, 0.25) is 5.88 Å². The van der Waals surface area contributed by atoms with E-state index in [1.54, 1.807) is 26.8 Å². The molecular weight excluding hydrogens is 452 g/mol. The summed E-state index contributed by atoms with van der Waals surface area (Å²) in [5.41, 5.74) is 0.509. The number of carbonyl (C=O) groups excluding carboxylic acids is 1. The van der Waals surface area contributed by atoms with Gasteiger partial charge in [-0.25, -0.2) is 19.2 Å². The second-order valence-electron chi connectivity index (χ2n) is 6.63. The van der Waals surface area contributed by atoms with Crippen molar-refractivity contribution >= 4 is 34.5 Å². The quantitative estimate of drug-likeness (QED) is 0.613. The molecule has 0 unspecified atom stereocenters. The number of nitrogens with zero attached hydrogens (tertiary/aromatic N) is 3. The monoisotopic (exact) mass is 473 g/mol. The lowest BCUT2D eigenvalue weighted by molar-refractivity contribution is 0.0576. The van der Waals surface area contributed by atoms with E-state index in [1.807, 2.05) is 13.0 Å². The number of pyridine rings is 2. The zero-order valence-corrected chi connectivity index (χ0v) is 17.5. The Bertz CT molecular complexity index is 809. The first kappa shape index (κ1) is 20.3. The molecule has 0 aliphatic rings. The van der Waals surface area contributed by atoms with Gasteiger partial charge >= 0.3 is 6.09 Å². The van der Waals surface area contributed by atoms with Crippen LogP contribution in [0.4, 0.5) is 15.0 Å². The Morgan fingerprint density at radius 1 is 1.35 bits per heavy atom. The van der Waals surface area contributed by atoms with Gasteiger partial charge in [-0.2, -0.15) is 0 Å². The van der Waals surface area contributed by atoms with Crippen LogP contribution in [0.15, 0.2) is 24.4 Å². The molecule has 0 saturated heterocycles. The summed E-state index contributed by atoms with van der Waals surface area (Å²) in [6, 6.07) is 4.86. The average molecular weight is 473 g/mol. The molecule has 0 aliphatic carbocycles. The smallest absolute Gasteiger partial charge is 0.416 e. The van der Waals surface area contributed by atoms with E-state index in [2.05, 4.69) is 32.6 Å². The van der Waals surface area contributed by atoms with E-state index >= 15 is 0 Å². The number of rotatable bonds is 4. The predicted octanol–water partition coefficient (Wildman–Crippen LogP) is 4.48. The van der Waals surface area contributed by atoms with Gasteiger partial charge in [0, 0.05) is 9.13 Å². The van der Waals surface area contributed by atoms with E-state index in [9.17, 15) is 9.18 Å². The van der Waals surface area contributed by atoms with Crippen LogP contribution in [-0.4, -0.2) is 28.8 Å². The molecule has 2 heterocycles. The van der Waals surface area contributed by atoms with Crippen LogP contribution < -0.4 is 9.64 Å². The summed E-state index contributed by atoms with van der Waals surface area (Å²) in [6.45, 7) is 7.19. The first-order valence-electron chi connectivity index (χ1n) is 7.93. The summed E-state index contributed by atoms with van der Waals surface area (Å²) in [6.07, 6.45) is 0.477. The fourth-order valence-corrected chi connectivity index (χ4v) is 2.47. The molecule has 0 spiro atoms. The lowest BCUT2D eigenvalue weighted by Crippen LogP contribution is -2.37. The highest BCUT2D eigenvalue weighted by atomic mass is 127. The minimum Gasteiger partial charge on any atom is -0.481 e. The molecule has 26 heavy (non-hydrogen) atoms. The number of halogens is 2. The molecule has 2 rings (SSSR count). The Morgan fingerprint density at radius 3 is 2.62 bits per heavy atom. The Balaban J connectivity index is 2.45. The fraction of sp³-hybridized carbons (Fsp3) is 0.389. The first-order valence-corrected chi connectivity index (χ1v) is 9.00. The van der Waals surface area contributed by atoms with Crippen molar-refractivity contribution in [3.8, 4) is 5.88 Å². The van der Waals surface area contributed by atoms with E-state index < -0.39 is 17.5 Å². The fourth-order valence-electron chi connectivity index (χ4n) is 2.17. The van der Waals surface area contributed by atoms with Crippen molar-refractivity contribution in [3.63, 3.8) is 0 Å². The Labute approximate surface area is 165 Å². The van der Waals surface area contributed by atoms with Crippen LogP contribution in [0.25, 0.3) is 0 Å². The van der Waals surface area contributed by atoms with Crippen molar-refractivity contribution in [3.05, 3.63) is 45.0 Å². The van der Waals surface area contributed by atoms with Gasteiger partial charge in [-0.1, -0.05) is 0 Å². The number of carbonyl (C=O) groups is 1. The SMILES string of the molecule is COc1ncc(F)cc1CN(C(=O)OC(C)(C)C)c1ccc(I)c(C)n1. The van der Waals surface area contributed by atoms with E-state index in [1.165, 1.54) is 18.1 Å². The maximum atomic E-state index is 13.7. The van der Waals surface area contributed by atoms with E-state index in [-0.39, 0.29) is 12.4 Å². The number of aryl methyl sites for hydroxylation is 1. The van der Waals surface area contributed by atoms with Crippen molar-refractivity contribution in [1.82, 2.24) is 9.97 Å². The van der Waals surface area contributed by atoms with Crippen LogP contribution in [0.2, 0.25) is 0 Å². The number of ether oxygens (including phenoxy) is 2. The number of amides is 1. The molecule has 0 atom stereocenters. The van der Waals surface area contributed by atoms with Crippen molar-refractivity contribution in [1.29, 1.82) is 0 Å². The second kappa shape index (κ2) is 8.15. The van der Waals surface area contributed by atoms with Gasteiger partial charge in [0.15, 0.2) is 0 Å². The summed E-state index contributed by atoms with van der Waals surface area (Å²) in [5, 5.41) is 0. The highest BCUT2D eigenvalue weighted by molar-refractivity contribution is 14.1. The zero-order valence-electron chi connectivity index (χ0n) is 15.3. The summed E-state index contributed by atoms with van der Waals surface area (Å²) in [5.74, 6) is 0.127. The third kappa shape index (κ3) is 5.26. The lowest BCUT2D eigenvalue weighted by Gasteiger charge is -2.27. The molecule has 8 heteroatoms. The number of methoxy groups -OCH3 is 1. The Kier molecular flexibility index (Phi) is 6.38. The summed E-state index contributed by atoms with van der Waals surface area (Å²) < 4.78 is 25.3. The molecule has 1 amide bonds. The van der Waals surface area contributed by atoms with Gasteiger partial charge in [-0.15, -0.1) is 0 Å². The molecule has 0 saturated carbocycles. The van der Waals surface area contributed by atoms with Gasteiger partial charge in [-0.3, -0.25) is 4.90 Å². The molecule has 0 bridgehead atoms. The van der Waals surface area contributed by atoms with E-state index in [4.69, 9.17) is 9.47 Å². The third-order valence-corrected chi connectivity index (χ3v) is 4.45. The number of aromatic nitrogens is 2. The van der Waals surface area contributed by atoms with Gasteiger partial charge in [-0.05, 0) is 68.5 Å². The zero-order chi connectivity index (χ0) is 19.5. The summed E-state index contributed by atoms with van der Waals surface area (Å²) in [4.78, 5) is 22.5. The largest absolute Gasteiger partial charge is 0.481 e. The Morgan fingerprint density at radius 2 is 2.04 bits per heavy atom. The van der Waals surface area contributed by atoms with Crippen molar-refractivity contribution in [2.75, 3.05) is 12.0 Å².